The van der Waals surface area contributed by atoms with E-state index >= 15 is 0 Å². The third-order valence-electron chi connectivity index (χ3n) is 3.51. The molecule has 5 nitrogen and oxygen atoms in total. The highest BCUT2D eigenvalue weighted by atomic mass is 35.5. The molecule has 2 aromatic carbocycles. The number of rotatable bonds is 3. The number of fused-ring (bicyclic) bond motifs is 1. The van der Waals surface area contributed by atoms with Gasteiger partial charge in [-0.1, -0.05) is 18.2 Å². The second-order valence-corrected chi connectivity index (χ2v) is 5.44. The van der Waals surface area contributed by atoms with E-state index in [9.17, 15) is 4.39 Å². The second kappa shape index (κ2) is 5.90. The van der Waals surface area contributed by atoms with Gasteiger partial charge < -0.3 is 5.32 Å². The lowest BCUT2D eigenvalue weighted by molar-refractivity contribution is 0.628. The quantitative estimate of drug-likeness (QED) is 0.564. The van der Waals surface area contributed by atoms with E-state index in [0.29, 0.717) is 22.5 Å². The van der Waals surface area contributed by atoms with Crippen LogP contribution in [0.4, 0.5) is 15.9 Å². The zero-order valence-corrected chi connectivity index (χ0v) is 13.1. The zero-order chi connectivity index (χ0) is 16.5. The molecular formula is C17H11ClFN5. The molecule has 0 fully saturated rings. The summed E-state index contributed by atoms with van der Waals surface area (Å²) in [6, 6.07) is 15.6. The first-order chi connectivity index (χ1) is 11.7. The van der Waals surface area contributed by atoms with Gasteiger partial charge in [0.25, 0.3) is 0 Å². The van der Waals surface area contributed by atoms with Crippen LogP contribution >= 0.6 is 11.6 Å². The van der Waals surface area contributed by atoms with E-state index in [1.165, 1.54) is 12.1 Å². The van der Waals surface area contributed by atoms with Gasteiger partial charge in [0.15, 0.2) is 5.65 Å². The Morgan fingerprint density at radius 1 is 0.958 bits per heavy atom. The van der Waals surface area contributed by atoms with Crippen molar-refractivity contribution < 1.29 is 4.39 Å². The van der Waals surface area contributed by atoms with E-state index in [0.717, 1.165) is 5.69 Å². The van der Waals surface area contributed by atoms with Crippen molar-refractivity contribution in [1.29, 1.82) is 0 Å². The average molecular weight is 340 g/mol. The summed E-state index contributed by atoms with van der Waals surface area (Å²) < 4.78 is 14.7. The standard InChI is InChI=1S/C17H11ClFN5/c18-17-22-15(21-12-8-6-11(19)7-9-12)14-10-20-24(16(14)23-17)13-4-2-1-3-5-13/h1-10H,(H,21,22,23). The highest BCUT2D eigenvalue weighted by molar-refractivity contribution is 6.28. The molecule has 0 bridgehead atoms. The SMILES string of the molecule is Fc1ccc(Nc2nc(Cl)nc3c2cnn3-c2ccccc2)cc1. The Hall–Kier alpha value is -2.99. The van der Waals surface area contributed by atoms with Crippen molar-refractivity contribution in [3.05, 3.63) is 71.9 Å². The first-order valence-corrected chi connectivity index (χ1v) is 7.58. The minimum absolute atomic E-state index is 0.102. The van der Waals surface area contributed by atoms with Gasteiger partial charge in [-0.2, -0.15) is 15.1 Å². The Bertz CT molecular complexity index is 999. The number of nitrogens with zero attached hydrogens (tertiary/aromatic N) is 4. The maximum atomic E-state index is 13.0. The Balaban J connectivity index is 1.82. The second-order valence-electron chi connectivity index (χ2n) is 5.10. The molecule has 0 aliphatic heterocycles. The van der Waals surface area contributed by atoms with Crippen LogP contribution < -0.4 is 5.32 Å². The molecule has 2 heterocycles. The summed E-state index contributed by atoms with van der Waals surface area (Å²) in [5.74, 6) is 0.210. The molecule has 0 saturated carbocycles. The number of para-hydroxylation sites is 1. The van der Waals surface area contributed by atoms with Crippen molar-refractivity contribution >= 4 is 34.1 Å². The first-order valence-electron chi connectivity index (χ1n) is 7.20. The predicted octanol–water partition coefficient (Wildman–Crippen LogP) is 4.35. The highest BCUT2D eigenvalue weighted by Crippen LogP contribution is 2.26. The molecule has 7 heteroatoms. The number of benzene rings is 2. The lowest BCUT2D eigenvalue weighted by Gasteiger charge is -2.08. The fourth-order valence-electron chi connectivity index (χ4n) is 2.40. The van der Waals surface area contributed by atoms with Crippen molar-refractivity contribution in [1.82, 2.24) is 19.7 Å². The van der Waals surface area contributed by atoms with E-state index in [1.807, 2.05) is 30.3 Å². The maximum Gasteiger partial charge on any atom is 0.226 e. The number of halogens is 2. The van der Waals surface area contributed by atoms with Gasteiger partial charge in [0.1, 0.15) is 11.6 Å². The first kappa shape index (κ1) is 14.6. The van der Waals surface area contributed by atoms with Gasteiger partial charge in [0.2, 0.25) is 5.28 Å². The summed E-state index contributed by atoms with van der Waals surface area (Å²) in [5, 5.41) is 8.32. The fourth-order valence-corrected chi connectivity index (χ4v) is 2.57. The average Bonchev–Trinajstić information content (AvgIpc) is 3.01. The lowest BCUT2D eigenvalue weighted by Crippen LogP contribution is -2.00. The van der Waals surface area contributed by atoms with Crippen molar-refractivity contribution in [3.8, 4) is 5.69 Å². The van der Waals surface area contributed by atoms with Crippen LogP contribution in [0.2, 0.25) is 5.28 Å². The lowest BCUT2D eigenvalue weighted by atomic mass is 10.3. The smallest absolute Gasteiger partial charge is 0.226 e. The molecule has 118 valence electrons. The van der Waals surface area contributed by atoms with E-state index in [1.54, 1.807) is 23.0 Å². The van der Waals surface area contributed by atoms with Crippen molar-refractivity contribution in [2.45, 2.75) is 0 Å². The molecular weight excluding hydrogens is 329 g/mol. The normalized spacial score (nSPS) is 10.9. The molecule has 0 radical (unpaired) electrons. The molecule has 0 unspecified atom stereocenters. The van der Waals surface area contributed by atoms with Crippen molar-refractivity contribution in [3.63, 3.8) is 0 Å². The molecule has 0 aliphatic rings. The molecule has 24 heavy (non-hydrogen) atoms. The summed E-state index contributed by atoms with van der Waals surface area (Å²) in [6.45, 7) is 0. The summed E-state index contributed by atoms with van der Waals surface area (Å²) in [6.07, 6.45) is 1.67. The van der Waals surface area contributed by atoms with Crippen LogP contribution in [-0.2, 0) is 0 Å². The van der Waals surface area contributed by atoms with Gasteiger partial charge in [0, 0.05) is 5.69 Å². The number of anilines is 2. The van der Waals surface area contributed by atoms with Gasteiger partial charge in [0.05, 0.1) is 17.3 Å². The molecule has 0 spiro atoms. The van der Waals surface area contributed by atoms with Crippen LogP contribution in [0.15, 0.2) is 60.8 Å². The van der Waals surface area contributed by atoms with Crippen LogP contribution in [0.1, 0.15) is 0 Å². The minimum Gasteiger partial charge on any atom is -0.339 e. The van der Waals surface area contributed by atoms with Crippen molar-refractivity contribution in [2.24, 2.45) is 0 Å². The predicted molar refractivity (Wildman–Crippen MR) is 91.4 cm³/mol. The summed E-state index contributed by atoms with van der Waals surface area (Å²) in [7, 11) is 0. The largest absolute Gasteiger partial charge is 0.339 e. The minimum atomic E-state index is -0.302. The van der Waals surface area contributed by atoms with E-state index in [2.05, 4.69) is 20.4 Å². The Morgan fingerprint density at radius 2 is 1.71 bits per heavy atom. The zero-order valence-electron chi connectivity index (χ0n) is 12.3. The highest BCUT2D eigenvalue weighted by Gasteiger charge is 2.13. The summed E-state index contributed by atoms with van der Waals surface area (Å²) >= 11 is 6.07. The Labute approximate surface area is 141 Å². The molecule has 0 amide bonds. The van der Waals surface area contributed by atoms with Crippen LogP contribution in [0.5, 0.6) is 0 Å². The van der Waals surface area contributed by atoms with E-state index < -0.39 is 0 Å². The Morgan fingerprint density at radius 3 is 2.46 bits per heavy atom. The molecule has 4 aromatic rings. The third-order valence-corrected chi connectivity index (χ3v) is 3.68. The number of hydrogen-bond acceptors (Lipinski definition) is 4. The van der Waals surface area contributed by atoms with E-state index in [-0.39, 0.29) is 11.1 Å². The third kappa shape index (κ3) is 2.68. The van der Waals surface area contributed by atoms with Gasteiger partial charge in [-0.25, -0.2) is 9.07 Å². The maximum absolute atomic E-state index is 13.0. The number of hydrogen-bond donors (Lipinski definition) is 1. The molecule has 0 saturated heterocycles. The van der Waals surface area contributed by atoms with E-state index in [4.69, 9.17) is 11.6 Å². The van der Waals surface area contributed by atoms with Gasteiger partial charge in [-0.05, 0) is 48.0 Å². The van der Waals surface area contributed by atoms with Gasteiger partial charge >= 0.3 is 0 Å². The number of aromatic nitrogens is 4. The van der Waals surface area contributed by atoms with Crippen LogP contribution in [0, 0.1) is 5.82 Å². The Kier molecular flexibility index (Phi) is 3.59. The molecule has 1 N–H and O–H groups in total. The molecule has 0 aliphatic carbocycles. The summed E-state index contributed by atoms with van der Waals surface area (Å²) in [5.41, 5.74) is 2.15. The topological polar surface area (TPSA) is 55.6 Å². The van der Waals surface area contributed by atoms with Crippen LogP contribution in [0.25, 0.3) is 16.7 Å². The fraction of sp³-hybridized carbons (Fsp3) is 0. The van der Waals surface area contributed by atoms with Crippen molar-refractivity contribution in [2.75, 3.05) is 5.32 Å². The van der Waals surface area contributed by atoms with Crippen LogP contribution in [0.3, 0.4) is 0 Å². The summed E-state index contributed by atoms with van der Waals surface area (Å²) in [4.78, 5) is 8.51. The molecule has 0 atom stereocenters. The number of nitrogens with one attached hydrogen (secondary N) is 1. The van der Waals surface area contributed by atoms with Crippen LogP contribution in [-0.4, -0.2) is 19.7 Å². The monoisotopic (exact) mass is 339 g/mol. The molecule has 4 rings (SSSR count). The molecule has 2 aromatic heterocycles. The van der Waals surface area contributed by atoms with Gasteiger partial charge in [-0.3, -0.25) is 0 Å². The van der Waals surface area contributed by atoms with Gasteiger partial charge in [-0.15, -0.1) is 0 Å².